The molecule has 6 heteroatoms. The molecule has 0 aliphatic heterocycles. The first-order valence-corrected chi connectivity index (χ1v) is 4.18. The first-order valence-electron chi connectivity index (χ1n) is 4.18. The number of rotatable bonds is 2. The molecule has 1 aromatic heterocycles. The second-order valence-electron chi connectivity index (χ2n) is 2.96. The van der Waals surface area contributed by atoms with Gasteiger partial charge in [0.25, 0.3) is 5.69 Å². The van der Waals surface area contributed by atoms with Gasteiger partial charge in [-0.3, -0.25) is 10.1 Å². The maximum Gasteiger partial charge on any atom is 0.271 e. The average molecular weight is 202 g/mol. The van der Waals surface area contributed by atoms with Gasteiger partial charge in [0.15, 0.2) is 0 Å². The molecule has 0 spiro atoms. The van der Waals surface area contributed by atoms with Gasteiger partial charge in [-0.25, -0.2) is 4.98 Å². The fraction of sp³-hybridized carbons (Fsp3) is 0.111. The number of nitro benzene ring substituents is 1. The maximum atomic E-state index is 10.5. The van der Waals surface area contributed by atoms with E-state index in [-0.39, 0.29) is 12.2 Å². The van der Waals surface area contributed by atoms with Gasteiger partial charge in [-0.2, -0.15) is 5.26 Å². The van der Waals surface area contributed by atoms with Crippen molar-refractivity contribution in [3.8, 4) is 6.07 Å². The van der Waals surface area contributed by atoms with E-state index in [1.165, 1.54) is 18.5 Å². The Morgan fingerprint density at radius 2 is 2.40 bits per heavy atom. The van der Waals surface area contributed by atoms with Crippen LogP contribution in [0.2, 0.25) is 0 Å². The highest BCUT2D eigenvalue weighted by molar-refractivity contribution is 5.78. The largest absolute Gasteiger partial charge is 0.317 e. The summed E-state index contributed by atoms with van der Waals surface area (Å²) < 4.78 is 1.64. The Kier molecular flexibility index (Phi) is 2.06. The first kappa shape index (κ1) is 9.15. The van der Waals surface area contributed by atoms with Gasteiger partial charge in [-0.15, -0.1) is 0 Å². The van der Waals surface area contributed by atoms with E-state index in [0.717, 1.165) is 5.52 Å². The van der Waals surface area contributed by atoms with Gasteiger partial charge < -0.3 is 4.57 Å². The smallest absolute Gasteiger partial charge is 0.271 e. The van der Waals surface area contributed by atoms with Gasteiger partial charge in [0.2, 0.25) is 0 Å². The van der Waals surface area contributed by atoms with Crippen molar-refractivity contribution in [2.45, 2.75) is 6.54 Å². The van der Waals surface area contributed by atoms with E-state index >= 15 is 0 Å². The summed E-state index contributed by atoms with van der Waals surface area (Å²) in [5.74, 6) is 0. The van der Waals surface area contributed by atoms with Gasteiger partial charge in [0.1, 0.15) is 6.54 Å². The summed E-state index contributed by atoms with van der Waals surface area (Å²) in [6.45, 7) is 0.189. The van der Waals surface area contributed by atoms with Crippen LogP contribution in [0.3, 0.4) is 0 Å². The molecule has 0 aliphatic carbocycles. The van der Waals surface area contributed by atoms with Crippen molar-refractivity contribution in [2.75, 3.05) is 0 Å². The van der Waals surface area contributed by atoms with Crippen molar-refractivity contribution >= 4 is 16.7 Å². The predicted octanol–water partition coefficient (Wildman–Crippen LogP) is 1.47. The highest BCUT2D eigenvalue weighted by Gasteiger charge is 2.09. The molecule has 0 bridgehead atoms. The molecule has 2 rings (SSSR count). The first-order chi connectivity index (χ1) is 7.22. The third-order valence-corrected chi connectivity index (χ3v) is 2.06. The molecule has 0 fully saturated rings. The molecule has 6 nitrogen and oxygen atoms in total. The number of hydrogen-bond donors (Lipinski definition) is 0. The van der Waals surface area contributed by atoms with Gasteiger partial charge in [-0.05, 0) is 6.07 Å². The maximum absolute atomic E-state index is 10.5. The summed E-state index contributed by atoms with van der Waals surface area (Å²) in [5.41, 5.74) is 1.26. The molecule has 74 valence electrons. The lowest BCUT2D eigenvalue weighted by atomic mass is 10.3. The van der Waals surface area contributed by atoms with E-state index in [1.54, 1.807) is 10.6 Å². The van der Waals surface area contributed by atoms with E-state index in [0.29, 0.717) is 5.52 Å². The Balaban J connectivity index is 2.57. The molecule has 0 saturated carbocycles. The molecule has 2 aromatic rings. The summed E-state index contributed by atoms with van der Waals surface area (Å²) >= 11 is 0. The van der Waals surface area contributed by atoms with Crippen molar-refractivity contribution in [1.82, 2.24) is 9.55 Å². The van der Waals surface area contributed by atoms with Crippen LogP contribution in [0.25, 0.3) is 11.0 Å². The van der Waals surface area contributed by atoms with E-state index in [4.69, 9.17) is 5.26 Å². The van der Waals surface area contributed by atoms with Crippen molar-refractivity contribution in [1.29, 1.82) is 5.26 Å². The molecule has 0 unspecified atom stereocenters. The molecular weight excluding hydrogens is 196 g/mol. The Labute approximate surface area is 84.5 Å². The van der Waals surface area contributed by atoms with Crippen LogP contribution in [0.4, 0.5) is 5.69 Å². The molecule has 1 aromatic carbocycles. The monoisotopic (exact) mass is 202 g/mol. The van der Waals surface area contributed by atoms with Crippen molar-refractivity contribution in [2.24, 2.45) is 0 Å². The number of hydrogen-bond acceptors (Lipinski definition) is 4. The molecule has 1 heterocycles. The van der Waals surface area contributed by atoms with Crippen LogP contribution in [0.1, 0.15) is 0 Å². The van der Waals surface area contributed by atoms with Gasteiger partial charge in [0, 0.05) is 12.1 Å². The zero-order valence-corrected chi connectivity index (χ0v) is 7.62. The lowest BCUT2D eigenvalue weighted by Gasteiger charge is -1.96. The summed E-state index contributed by atoms with van der Waals surface area (Å²) in [6.07, 6.45) is 1.50. The Hall–Kier alpha value is -2.42. The molecule has 0 amide bonds. The number of fused-ring (bicyclic) bond motifs is 1. The van der Waals surface area contributed by atoms with Gasteiger partial charge in [0.05, 0.1) is 28.4 Å². The summed E-state index contributed by atoms with van der Waals surface area (Å²) in [4.78, 5) is 14.0. The van der Waals surface area contributed by atoms with Crippen LogP contribution in [-0.4, -0.2) is 14.5 Å². The van der Waals surface area contributed by atoms with Crippen molar-refractivity contribution in [3.63, 3.8) is 0 Å². The van der Waals surface area contributed by atoms with Crippen LogP contribution in [-0.2, 0) is 6.54 Å². The lowest BCUT2D eigenvalue weighted by molar-refractivity contribution is -0.384. The van der Waals surface area contributed by atoms with Crippen LogP contribution in [0.15, 0.2) is 24.5 Å². The minimum Gasteiger partial charge on any atom is -0.317 e. The standard InChI is InChI=1S/C9H6N4O2/c10-3-4-12-6-11-8-5-7(13(14)15)1-2-9(8)12/h1-2,5-6H,4H2. The molecule has 0 N–H and O–H groups in total. The Bertz CT molecular complexity index is 567. The second kappa shape index (κ2) is 3.38. The fourth-order valence-corrected chi connectivity index (χ4v) is 1.37. The molecular formula is C9H6N4O2. The third-order valence-electron chi connectivity index (χ3n) is 2.06. The van der Waals surface area contributed by atoms with Crippen molar-refractivity contribution < 1.29 is 4.92 Å². The summed E-state index contributed by atoms with van der Waals surface area (Å²) in [5, 5.41) is 19.0. The molecule has 15 heavy (non-hydrogen) atoms. The Morgan fingerprint density at radius 3 is 3.07 bits per heavy atom. The van der Waals surface area contributed by atoms with Gasteiger partial charge in [-0.1, -0.05) is 0 Å². The van der Waals surface area contributed by atoms with Crippen LogP contribution in [0, 0.1) is 21.4 Å². The quantitative estimate of drug-likeness (QED) is 0.545. The predicted molar refractivity (Wildman–Crippen MR) is 52.0 cm³/mol. The Morgan fingerprint density at radius 1 is 1.60 bits per heavy atom. The SMILES string of the molecule is N#CCn1cnc2cc([N+](=O)[O-])ccc21. The van der Waals surface area contributed by atoms with Crippen LogP contribution in [0.5, 0.6) is 0 Å². The number of nitriles is 1. The van der Waals surface area contributed by atoms with Gasteiger partial charge >= 0.3 is 0 Å². The number of nitrogens with zero attached hydrogens (tertiary/aromatic N) is 4. The van der Waals surface area contributed by atoms with E-state index in [1.807, 2.05) is 6.07 Å². The summed E-state index contributed by atoms with van der Waals surface area (Å²) in [6, 6.07) is 6.38. The highest BCUT2D eigenvalue weighted by Crippen LogP contribution is 2.19. The van der Waals surface area contributed by atoms with E-state index < -0.39 is 4.92 Å². The number of nitro groups is 1. The van der Waals surface area contributed by atoms with Crippen LogP contribution < -0.4 is 0 Å². The van der Waals surface area contributed by atoms with Crippen LogP contribution >= 0.6 is 0 Å². The lowest BCUT2D eigenvalue weighted by Crippen LogP contribution is -1.92. The molecule has 0 radical (unpaired) electrons. The third kappa shape index (κ3) is 1.50. The zero-order chi connectivity index (χ0) is 10.8. The topological polar surface area (TPSA) is 84.8 Å². The highest BCUT2D eigenvalue weighted by atomic mass is 16.6. The minimum absolute atomic E-state index is 0.00436. The average Bonchev–Trinajstić information content (AvgIpc) is 2.61. The number of non-ortho nitro benzene ring substituents is 1. The van der Waals surface area contributed by atoms with E-state index in [9.17, 15) is 10.1 Å². The molecule has 0 saturated heterocycles. The minimum atomic E-state index is -0.469. The second-order valence-corrected chi connectivity index (χ2v) is 2.96. The molecule has 0 atom stereocenters. The number of benzene rings is 1. The normalized spacial score (nSPS) is 10.1. The van der Waals surface area contributed by atoms with E-state index in [2.05, 4.69) is 4.98 Å². The fourth-order valence-electron chi connectivity index (χ4n) is 1.37. The summed E-state index contributed by atoms with van der Waals surface area (Å²) in [7, 11) is 0. The zero-order valence-electron chi connectivity index (χ0n) is 7.62. The molecule has 0 aliphatic rings. The van der Waals surface area contributed by atoms with Crippen molar-refractivity contribution in [3.05, 3.63) is 34.6 Å². The number of aromatic nitrogens is 2. The number of imidazole rings is 1.